The molecule has 0 aliphatic carbocycles. The zero-order chi connectivity index (χ0) is 19.0. The van der Waals surface area contributed by atoms with Crippen molar-refractivity contribution in [1.29, 1.82) is 0 Å². The third-order valence-corrected chi connectivity index (χ3v) is 4.32. The average molecular weight is 366 g/mol. The monoisotopic (exact) mass is 366 g/mol. The number of nitrogens with zero attached hydrogens (tertiary/aromatic N) is 2. The van der Waals surface area contributed by atoms with E-state index in [4.69, 9.17) is 9.15 Å². The van der Waals surface area contributed by atoms with Crippen LogP contribution in [0, 0.1) is 0 Å². The first-order valence-electron chi connectivity index (χ1n) is 8.53. The highest BCUT2D eigenvalue weighted by atomic mass is 16.5. The number of benzene rings is 1. The first kappa shape index (κ1) is 16.9. The van der Waals surface area contributed by atoms with Crippen LogP contribution >= 0.6 is 0 Å². The summed E-state index contributed by atoms with van der Waals surface area (Å²) >= 11 is 0. The Morgan fingerprint density at radius 3 is 2.74 bits per heavy atom. The molecule has 0 radical (unpaired) electrons. The van der Waals surface area contributed by atoms with Crippen molar-refractivity contribution < 1.29 is 18.7 Å². The summed E-state index contributed by atoms with van der Waals surface area (Å²) < 4.78 is 12.4. The molecule has 0 saturated heterocycles. The minimum Gasteiger partial charge on any atom is -0.462 e. The van der Waals surface area contributed by atoms with Gasteiger partial charge in [0.05, 0.1) is 24.1 Å². The fourth-order valence-electron chi connectivity index (χ4n) is 2.99. The van der Waals surface area contributed by atoms with Crippen LogP contribution in [0.4, 0.5) is 5.69 Å². The van der Waals surface area contributed by atoms with E-state index in [1.165, 1.54) is 4.68 Å². The lowest BCUT2D eigenvalue weighted by Gasteiger charge is -2.24. The predicted molar refractivity (Wildman–Crippen MR) is 97.1 cm³/mol. The number of rotatable bonds is 4. The molecule has 0 bridgehead atoms. The van der Waals surface area contributed by atoms with Gasteiger partial charge in [-0.25, -0.2) is 4.79 Å². The van der Waals surface area contributed by atoms with Gasteiger partial charge in [0, 0.05) is 12.6 Å². The van der Waals surface area contributed by atoms with Gasteiger partial charge < -0.3 is 19.8 Å². The van der Waals surface area contributed by atoms with E-state index in [1.54, 1.807) is 50.5 Å². The Labute approximate surface area is 155 Å². The number of carbonyl (C=O) groups is 2. The first-order valence-corrected chi connectivity index (χ1v) is 8.53. The Balaban J connectivity index is 1.54. The maximum atomic E-state index is 12.3. The summed E-state index contributed by atoms with van der Waals surface area (Å²) in [4.78, 5) is 24.0. The molecule has 0 saturated carbocycles. The lowest BCUT2D eigenvalue weighted by molar-refractivity contribution is 0.0526. The van der Waals surface area contributed by atoms with E-state index in [9.17, 15) is 9.59 Å². The molecule has 1 aromatic carbocycles. The Bertz CT molecular complexity index is 1000. The smallest absolute Gasteiger partial charge is 0.338 e. The standard InChI is InChI=1S/C19H18N4O4/c1-3-26-19(25)12-6-4-11(5-7-12)14-8-9-15(27-14)17-21-13-10-20-23(2)16(13)18(24)22-17/h4-10,17,21H,3H2,1-2H3,(H,22,24)/t17-/m1/s1. The van der Waals surface area contributed by atoms with Crippen molar-refractivity contribution >= 4 is 17.6 Å². The Hall–Kier alpha value is -3.55. The van der Waals surface area contributed by atoms with Crippen LogP contribution < -0.4 is 10.6 Å². The van der Waals surface area contributed by atoms with Crippen molar-refractivity contribution in [3.05, 3.63) is 59.6 Å². The molecule has 0 spiro atoms. The summed E-state index contributed by atoms with van der Waals surface area (Å²) in [7, 11) is 1.71. The number of carbonyl (C=O) groups excluding carboxylic acids is 2. The summed E-state index contributed by atoms with van der Waals surface area (Å²) in [5, 5.41) is 10.1. The van der Waals surface area contributed by atoms with Gasteiger partial charge in [0.2, 0.25) is 0 Å². The van der Waals surface area contributed by atoms with E-state index < -0.39 is 6.17 Å². The largest absolute Gasteiger partial charge is 0.462 e. The van der Waals surface area contributed by atoms with Gasteiger partial charge in [0.1, 0.15) is 17.2 Å². The van der Waals surface area contributed by atoms with Crippen molar-refractivity contribution in [3.63, 3.8) is 0 Å². The van der Waals surface area contributed by atoms with Gasteiger partial charge in [0.15, 0.2) is 6.17 Å². The molecule has 3 aromatic rings. The Morgan fingerprint density at radius 2 is 2.00 bits per heavy atom. The number of anilines is 1. The maximum absolute atomic E-state index is 12.3. The van der Waals surface area contributed by atoms with Gasteiger partial charge in [0.25, 0.3) is 5.91 Å². The molecule has 1 amide bonds. The molecule has 2 N–H and O–H groups in total. The summed E-state index contributed by atoms with van der Waals surface area (Å²) in [5.41, 5.74) is 2.44. The number of hydrogen-bond acceptors (Lipinski definition) is 6. The second-order valence-corrected chi connectivity index (χ2v) is 6.08. The number of fused-ring (bicyclic) bond motifs is 1. The van der Waals surface area contributed by atoms with Crippen molar-refractivity contribution in [1.82, 2.24) is 15.1 Å². The number of nitrogens with one attached hydrogen (secondary N) is 2. The summed E-state index contributed by atoms with van der Waals surface area (Å²) in [6, 6.07) is 10.6. The molecule has 4 rings (SSSR count). The van der Waals surface area contributed by atoms with E-state index >= 15 is 0 Å². The molecule has 138 valence electrons. The molecule has 3 heterocycles. The van der Waals surface area contributed by atoms with Crippen molar-refractivity contribution in [2.24, 2.45) is 7.05 Å². The van der Waals surface area contributed by atoms with Crippen molar-refractivity contribution in [2.75, 3.05) is 11.9 Å². The summed E-state index contributed by atoms with van der Waals surface area (Å²) in [5.74, 6) is 0.631. The SMILES string of the molecule is CCOC(=O)c1ccc(-c2ccc([C@H]3NC(=O)c4c(cnn4C)N3)o2)cc1. The van der Waals surface area contributed by atoms with E-state index in [-0.39, 0.29) is 11.9 Å². The first-order chi connectivity index (χ1) is 13.1. The van der Waals surface area contributed by atoms with Gasteiger partial charge >= 0.3 is 5.97 Å². The van der Waals surface area contributed by atoms with Crippen molar-refractivity contribution in [2.45, 2.75) is 13.1 Å². The lowest BCUT2D eigenvalue weighted by atomic mass is 10.1. The molecule has 0 fully saturated rings. The molecule has 1 atom stereocenters. The minimum absolute atomic E-state index is 0.217. The third kappa shape index (κ3) is 3.05. The molecule has 1 aliphatic rings. The summed E-state index contributed by atoms with van der Waals surface area (Å²) in [6.45, 7) is 2.10. The molecule has 2 aromatic heterocycles. The number of aryl methyl sites for hydroxylation is 1. The van der Waals surface area contributed by atoms with Gasteiger partial charge in [-0.3, -0.25) is 9.48 Å². The topological polar surface area (TPSA) is 98.4 Å². The quantitative estimate of drug-likeness (QED) is 0.689. The van der Waals surface area contributed by atoms with Crippen LogP contribution in [0.2, 0.25) is 0 Å². The number of furan rings is 1. The Kier molecular flexibility index (Phi) is 4.15. The van der Waals surface area contributed by atoms with Crippen LogP contribution in [0.5, 0.6) is 0 Å². The molecule has 27 heavy (non-hydrogen) atoms. The summed E-state index contributed by atoms with van der Waals surface area (Å²) in [6.07, 6.45) is 1.13. The van der Waals surface area contributed by atoms with E-state index in [1.807, 2.05) is 6.07 Å². The van der Waals surface area contributed by atoms with Gasteiger partial charge in [-0.2, -0.15) is 5.10 Å². The fraction of sp³-hybridized carbons (Fsp3) is 0.211. The van der Waals surface area contributed by atoms with Gasteiger partial charge in [-0.15, -0.1) is 0 Å². The van der Waals surface area contributed by atoms with E-state index in [2.05, 4.69) is 15.7 Å². The molecular weight excluding hydrogens is 348 g/mol. The molecule has 8 heteroatoms. The molecule has 1 aliphatic heterocycles. The Morgan fingerprint density at radius 1 is 1.22 bits per heavy atom. The number of esters is 1. The van der Waals surface area contributed by atoms with Crippen LogP contribution in [-0.2, 0) is 11.8 Å². The van der Waals surface area contributed by atoms with E-state index in [0.717, 1.165) is 5.56 Å². The van der Waals surface area contributed by atoms with Gasteiger partial charge in [-0.1, -0.05) is 12.1 Å². The number of amides is 1. The molecular formula is C19H18N4O4. The normalized spacial score (nSPS) is 15.6. The number of hydrogen-bond donors (Lipinski definition) is 2. The maximum Gasteiger partial charge on any atom is 0.338 e. The lowest BCUT2D eigenvalue weighted by Crippen LogP contribution is -2.39. The molecule has 8 nitrogen and oxygen atoms in total. The van der Waals surface area contributed by atoms with Crippen LogP contribution in [0.15, 0.2) is 47.0 Å². The van der Waals surface area contributed by atoms with Gasteiger partial charge in [-0.05, 0) is 31.2 Å². The highest BCUT2D eigenvalue weighted by Crippen LogP contribution is 2.30. The highest BCUT2D eigenvalue weighted by molar-refractivity contribution is 6.00. The highest BCUT2D eigenvalue weighted by Gasteiger charge is 2.29. The third-order valence-electron chi connectivity index (χ3n) is 4.32. The van der Waals surface area contributed by atoms with Crippen LogP contribution in [0.25, 0.3) is 11.3 Å². The van der Waals surface area contributed by atoms with Crippen LogP contribution in [0.3, 0.4) is 0 Å². The second kappa shape index (κ2) is 6.64. The van der Waals surface area contributed by atoms with E-state index in [0.29, 0.717) is 35.1 Å². The molecule has 0 unspecified atom stereocenters. The average Bonchev–Trinajstić information content (AvgIpc) is 3.30. The number of aromatic nitrogens is 2. The van der Waals surface area contributed by atoms with Crippen LogP contribution in [0.1, 0.15) is 39.7 Å². The predicted octanol–water partition coefficient (Wildman–Crippen LogP) is 2.71. The van der Waals surface area contributed by atoms with Crippen LogP contribution in [-0.4, -0.2) is 28.3 Å². The zero-order valence-electron chi connectivity index (χ0n) is 14.9. The van der Waals surface area contributed by atoms with Crippen molar-refractivity contribution in [3.8, 4) is 11.3 Å². The number of ether oxygens (including phenoxy) is 1. The fourth-order valence-corrected chi connectivity index (χ4v) is 2.99. The minimum atomic E-state index is -0.484. The second-order valence-electron chi connectivity index (χ2n) is 6.08. The zero-order valence-corrected chi connectivity index (χ0v) is 14.9.